The topological polar surface area (TPSA) is 40.9 Å². The van der Waals surface area contributed by atoms with Crippen LogP contribution in [0.1, 0.15) is 40.5 Å². The number of aldehydes is 1. The molecule has 0 fully saturated rings. The van der Waals surface area contributed by atoms with E-state index in [1.165, 1.54) is 6.42 Å². The van der Waals surface area contributed by atoms with Crippen molar-refractivity contribution in [3.8, 4) is 6.07 Å². The monoisotopic (exact) mass is 155 g/mol. The molecule has 0 saturated heterocycles. The number of nitrogens with zero attached hydrogens (tertiary/aromatic N) is 1. The van der Waals surface area contributed by atoms with Gasteiger partial charge in [0.25, 0.3) is 0 Å². The van der Waals surface area contributed by atoms with Gasteiger partial charge in [-0.2, -0.15) is 5.26 Å². The van der Waals surface area contributed by atoms with Gasteiger partial charge in [-0.3, -0.25) is 0 Å². The molecule has 0 aliphatic rings. The Morgan fingerprint density at radius 1 is 1.45 bits per heavy atom. The third-order valence-electron chi connectivity index (χ3n) is 0.896. The fraction of sp³-hybridized carbons (Fsp3) is 0.778. The van der Waals surface area contributed by atoms with Crippen molar-refractivity contribution in [1.29, 1.82) is 5.26 Å². The van der Waals surface area contributed by atoms with Gasteiger partial charge in [-0.05, 0) is 13.8 Å². The van der Waals surface area contributed by atoms with E-state index in [0.717, 1.165) is 6.29 Å². The molecule has 64 valence electrons. The minimum atomic E-state index is -0.470. The predicted molar refractivity (Wildman–Crippen MR) is 46.0 cm³/mol. The molecule has 0 aromatic heterocycles. The van der Waals surface area contributed by atoms with Crippen LogP contribution in [0.4, 0.5) is 0 Å². The Hall–Kier alpha value is -0.840. The fourth-order valence-corrected chi connectivity index (χ4v) is 0.254. The summed E-state index contributed by atoms with van der Waals surface area (Å²) in [4.78, 5) is 9.83. The zero-order chi connectivity index (χ0) is 9.33. The van der Waals surface area contributed by atoms with Crippen LogP contribution in [-0.2, 0) is 4.79 Å². The molecule has 11 heavy (non-hydrogen) atoms. The van der Waals surface area contributed by atoms with Crippen LogP contribution in [0, 0.1) is 16.7 Å². The molecule has 0 heterocycles. The first-order chi connectivity index (χ1) is 5.04. The van der Waals surface area contributed by atoms with Crippen molar-refractivity contribution in [1.82, 2.24) is 0 Å². The molecule has 2 heteroatoms. The van der Waals surface area contributed by atoms with Gasteiger partial charge < -0.3 is 4.79 Å². The minimum Gasteiger partial charge on any atom is -0.303 e. The van der Waals surface area contributed by atoms with Crippen LogP contribution in [0.3, 0.4) is 0 Å². The Balaban J connectivity index is 0. The summed E-state index contributed by atoms with van der Waals surface area (Å²) >= 11 is 0. The van der Waals surface area contributed by atoms with Crippen LogP contribution < -0.4 is 0 Å². The highest BCUT2D eigenvalue weighted by Gasteiger charge is 2.14. The average molecular weight is 155 g/mol. The van der Waals surface area contributed by atoms with E-state index >= 15 is 0 Å². The van der Waals surface area contributed by atoms with E-state index in [1.807, 2.05) is 6.07 Å². The van der Waals surface area contributed by atoms with Gasteiger partial charge in [0, 0.05) is 6.42 Å². The molecule has 0 aliphatic heterocycles. The van der Waals surface area contributed by atoms with Gasteiger partial charge in [-0.15, -0.1) is 0 Å². The maximum Gasteiger partial charge on any atom is 0.121 e. The number of carbonyl (C=O) groups is 1. The van der Waals surface area contributed by atoms with Crippen molar-refractivity contribution in [3.63, 3.8) is 0 Å². The number of hydrogen-bond donors (Lipinski definition) is 0. The van der Waals surface area contributed by atoms with Crippen LogP contribution >= 0.6 is 0 Å². The van der Waals surface area contributed by atoms with Crippen molar-refractivity contribution in [3.05, 3.63) is 0 Å². The van der Waals surface area contributed by atoms with Gasteiger partial charge in [0.15, 0.2) is 0 Å². The lowest BCUT2D eigenvalue weighted by Crippen LogP contribution is -2.07. The third-order valence-corrected chi connectivity index (χ3v) is 0.896. The molecular formula is C9H17NO. The van der Waals surface area contributed by atoms with Crippen molar-refractivity contribution in [2.75, 3.05) is 0 Å². The Kier molecular flexibility index (Phi) is 8.46. The van der Waals surface area contributed by atoms with Crippen molar-refractivity contribution >= 4 is 6.29 Å². The summed E-state index contributed by atoms with van der Waals surface area (Å²) < 4.78 is 0. The highest BCUT2D eigenvalue weighted by Crippen LogP contribution is 2.15. The summed E-state index contributed by atoms with van der Waals surface area (Å²) in [5.74, 6) is 0. The molecule has 2 nitrogen and oxygen atoms in total. The van der Waals surface area contributed by atoms with Crippen molar-refractivity contribution < 1.29 is 4.79 Å². The maximum atomic E-state index is 9.83. The maximum absolute atomic E-state index is 9.83. The summed E-state index contributed by atoms with van der Waals surface area (Å²) in [6, 6.07) is 2.01. The average Bonchev–Trinajstić information content (AvgIpc) is 1.90. The van der Waals surface area contributed by atoms with Crippen LogP contribution in [0.15, 0.2) is 0 Å². The van der Waals surface area contributed by atoms with Gasteiger partial charge >= 0.3 is 0 Å². The number of nitriles is 1. The van der Waals surface area contributed by atoms with Crippen LogP contribution in [0.25, 0.3) is 0 Å². The molecule has 0 unspecified atom stereocenters. The highest BCUT2D eigenvalue weighted by atomic mass is 16.1. The van der Waals surface area contributed by atoms with E-state index in [1.54, 1.807) is 13.8 Å². The fourth-order valence-electron chi connectivity index (χ4n) is 0.254. The quantitative estimate of drug-likeness (QED) is 0.575. The second-order valence-corrected chi connectivity index (χ2v) is 3.07. The molecule has 0 aromatic carbocycles. The first-order valence-electron chi connectivity index (χ1n) is 3.89. The Morgan fingerprint density at radius 2 is 1.82 bits per heavy atom. The number of hydrogen-bond acceptors (Lipinski definition) is 2. The summed E-state index contributed by atoms with van der Waals surface area (Å²) in [5, 5.41) is 8.32. The number of rotatable bonds is 2. The van der Waals surface area contributed by atoms with Crippen molar-refractivity contribution in [2.24, 2.45) is 5.41 Å². The van der Waals surface area contributed by atoms with E-state index in [2.05, 4.69) is 13.8 Å². The van der Waals surface area contributed by atoms with Gasteiger partial charge in [0.05, 0.1) is 11.5 Å². The largest absolute Gasteiger partial charge is 0.303 e. The molecule has 0 saturated carbocycles. The lowest BCUT2D eigenvalue weighted by Gasteiger charge is -2.07. The lowest BCUT2D eigenvalue weighted by molar-refractivity contribution is -0.108. The SMILES string of the molecule is CC(C)(C#N)CC=O.CCC. The lowest BCUT2D eigenvalue weighted by atomic mass is 9.93. The Morgan fingerprint density at radius 3 is 1.91 bits per heavy atom. The Bertz CT molecular complexity index is 133. The zero-order valence-corrected chi connectivity index (χ0v) is 7.85. The zero-order valence-electron chi connectivity index (χ0n) is 7.85. The number of carbonyl (C=O) groups excluding carboxylic acids is 1. The standard InChI is InChI=1S/C6H9NO.C3H8/c1-6(2,5-7)3-4-8;1-3-2/h4H,3H2,1-2H3;3H2,1-2H3. The normalized spacial score (nSPS) is 9.00. The van der Waals surface area contributed by atoms with Crippen molar-refractivity contribution in [2.45, 2.75) is 40.5 Å². The molecule has 0 bridgehead atoms. The molecule has 0 rings (SSSR count). The summed E-state index contributed by atoms with van der Waals surface area (Å²) in [5.41, 5.74) is -0.470. The smallest absolute Gasteiger partial charge is 0.121 e. The predicted octanol–water partition coefficient (Wildman–Crippen LogP) is 2.54. The molecular weight excluding hydrogens is 138 g/mol. The molecule has 0 radical (unpaired) electrons. The molecule has 0 N–H and O–H groups in total. The summed E-state index contributed by atoms with van der Waals surface area (Å²) in [6.45, 7) is 7.72. The summed E-state index contributed by atoms with van der Waals surface area (Å²) in [7, 11) is 0. The molecule has 0 aromatic rings. The second-order valence-electron chi connectivity index (χ2n) is 3.07. The van der Waals surface area contributed by atoms with Gasteiger partial charge in [0.1, 0.15) is 6.29 Å². The summed E-state index contributed by atoms with van der Waals surface area (Å²) in [6.07, 6.45) is 2.34. The van der Waals surface area contributed by atoms with Crippen LogP contribution in [0.5, 0.6) is 0 Å². The first kappa shape index (κ1) is 12.8. The van der Waals surface area contributed by atoms with Crippen LogP contribution in [0.2, 0.25) is 0 Å². The van der Waals surface area contributed by atoms with Gasteiger partial charge in [0.2, 0.25) is 0 Å². The second kappa shape index (κ2) is 7.27. The van der Waals surface area contributed by atoms with Gasteiger partial charge in [-0.1, -0.05) is 20.3 Å². The van der Waals surface area contributed by atoms with E-state index in [0.29, 0.717) is 6.42 Å². The van der Waals surface area contributed by atoms with Crippen LogP contribution in [-0.4, -0.2) is 6.29 Å². The molecule has 0 atom stereocenters. The van der Waals surface area contributed by atoms with E-state index in [4.69, 9.17) is 5.26 Å². The molecule has 0 amide bonds. The third kappa shape index (κ3) is 12.4. The molecule has 0 aliphatic carbocycles. The Labute approximate surface area is 69.2 Å². The van der Waals surface area contributed by atoms with E-state index in [9.17, 15) is 4.79 Å². The molecule has 0 spiro atoms. The van der Waals surface area contributed by atoms with Gasteiger partial charge in [-0.25, -0.2) is 0 Å². The first-order valence-corrected chi connectivity index (χ1v) is 3.89. The van der Waals surface area contributed by atoms with E-state index < -0.39 is 5.41 Å². The van der Waals surface area contributed by atoms with E-state index in [-0.39, 0.29) is 0 Å². The minimum absolute atomic E-state index is 0.323. The highest BCUT2D eigenvalue weighted by molar-refractivity contribution is 5.51.